The lowest BCUT2D eigenvalue weighted by Crippen LogP contribution is -2.49. The third-order valence-corrected chi connectivity index (χ3v) is 8.10. The molecule has 3 unspecified atom stereocenters. The molecule has 0 amide bonds. The van der Waals surface area contributed by atoms with Gasteiger partial charge in [0.1, 0.15) is 5.84 Å². The minimum atomic E-state index is -0.335. The molecule has 3 aromatic rings. The van der Waals surface area contributed by atoms with Crippen LogP contribution in [0.4, 0.5) is 0 Å². The average molecular weight is 519 g/mol. The van der Waals surface area contributed by atoms with Crippen LogP contribution in [0.15, 0.2) is 72.8 Å². The first-order valence-corrected chi connectivity index (χ1v) is 13.3. The van der Waals surface area contributed by atoms with Gasteiger partial charge in [-0.1, -0.05) is 66.2 Å². The molecular formula is C30H35ClN4O2. The van der Waals surface area contributed by atoms with Crippen molar-refractivity contribution in [3.8, 4) is 11.5 Å². The standard InChI is InChI=1S/C30H35ClN4O2/c1-36-27-10-6-9-24(29(27)37-2)28(30(32)35(33)26-19-25(26)22-7-4-3-5-8-22)34-17-15-21(16-18-34)20-11-13-23(31)14-12-20/h3-14,21,25-26,28,32H,15-19,33H2,1-2H3. The molecule has 0 spiro atoms. The lowest BCUT2D eigenvalue weighted by Gasteiger charge is -2.40. The number of halogens is 1. The average Bonchev–Trinajstić information content (AvgIpc) is 3.75. The quantitative estimate of drug-likeness (QED) is 0.166. The second-order valence-corrected chi connectivity index (χ2v) is 10.4. The molecule has 37 heavy (non-hydrogen) atoms. The zero-order valence-corrected chi connectivity index (χ0v) is 22.2. The number of piperidine rings is 1. The maximum atomic E-state index is 9.33. The van der Waals surface area contributed by atoms with Gasteiger partial charge in [-0.15, -0.1) is 0 Å². The van der Waals surface area contributed by atoms with E-state index in [1.165, 1.54) is 11.1 Å². The highest BCUT2D eigenvalue weighted by Gasteiger charge is 2.45. The van der Waals surface area contributed by atoms with Gasteiger partial charge in [-0.3, -0.25) is 15.3 Å². The van der Waals surface area contributed by atoms with E-state index in [1.807, 2.05) is 36.4 Å². The van der Waals surface area contributed by atoms with E-state index in [0.29, 0.717) is 29.2 Å². The Morgan fingerprint density at radius 2 is 1.65 bits per heavy atom. The van der Waals surface area contributed by atoms with E-state index >= 15 is 0 Å². The zero-order chi connectivity index (χ0) is 25.9. The molecule has 1 heterocycles. The summed E-state index contributed by atoms with van der Waals surface area (Å²) in [6.07, 6.45) is 2.94. The first-order valence-electron chi connectivity index (χ1n) is 12.9. The summed E-state index contributed by atoms with van der Waals surface area (Å²) in [5, 5.41) is 11.8. The smallest absolute Gasteiger partial charge is 0.165 e. The number of para-hydroxylation sites is 1. The molecule has 1 saturated carbocycles. The Morgan fingerprint density at radius 3 is 2.30 bits per heavy atom. The summed E-state index contributed by atoms with van der Waals surface area (Å²) < 4.78 is 11.4. The van der Waals surface area contributed by atoms with Gasteiger partial charge in [-0.05, 0) is 67.6 Å². The van der Waals surface area contributed by atoms with Gasteiger partial charge < -0.3 is 9.47 Å². The van der Waals surface area contributed by atoms with Crippen molar-refractivity contribution < 1.29 is 9.47 Å². The predicted molar refractivity (Wildman–Crippen MR) is 149 cm³/mol. The van der Waals surface area contributed by atoms with E-state index in [4.69, 9.17) is 26.9 Å². The van der Waals surface area contributed by atoms with Crippen LogP contribution in [0.3, 0.4) is 0 Å². The van der Waals surface area contributed by atoms with E-state index in [-0.39, 0.29) is 12.1 Å². The Bertz CT molecular complexity index is 1210. The molecule has 2 fully saturated rings. The van der Waals surface area contributed by atoms with Crippen LogP contribution in [-0.2, 0) is 0 Å². The summed E-state index contributed by atoms with van der Waals surface area (Å²) in [7, 11) is 3.30. The van der Waals surface area contributed by atoms with Crippen LogP contribution in [0.1, 0.15) is 53.8 Å². The highest BCUT2D eigenvalue weighted by molar-refractivity contribution is 6.30. The SMILES string of the molecule is COc1cccc(C(C(=N)N(N)C2CC2c2ccccc2)N2CCC(c3ccc(Cl)cc3)CC2)c1OC. The summed E-state index contributed by atoms with van der Waals surface area (Å²) >= 11 is 6.11. The van der Waals surface area contributed by atoms with Crippen molar-refractivity contribution in [3.63, 3.8) is 0 Å². The van der Waals surface area contributed by atoms with E-state index in [9.17, 15) is 5.41 Å². The van der Waals surface area contributed by atoms with Crippen LogP contribution in [0.2, 0.25) is 5.02 Å². The molecule has 1 aliphatic heterocycles. The minimum Gasteiger partial charge on any atom is -0.493 e. The molecule has 0 radical (unpaired) electrons. The molecule has 0 aromatic heterocycles. The largest absolute Gasteiger partial charge is 0.493 e. The number of hydrogen-bond acceptors (Lipinski definition) is 5. The normalized spacial score (nSPS) is 20.8. The van der Waals surface area contributed by atoms with Gasteiger partial charge in [0, 0.05) is 16.5 Å². The third kappa shape index (κ3) is 5.33. The number of nitrogens with zero attached hydrogens (tertiary/aromatic N) is 2. The second kappa shape index (κ2) is 11.1. The van der Waals surface area contributed by atoms with Gasteiger partial charge in [-0.25, -0.2) is 5.84 Å². The lowest BCUT2D eigenvalue weighted by molar-refractivity contribution is 0.173. The Kier molecular flexibility index (Phi) is 7.70. The number of rotatable bonds is 8. The van der Waals surface area contributed by atoms with Gasteiger partial charge >= 0.3 is 0 Å². The molecule has 194 valence electrons. The number of nitrogens with two attached hydrogens (primary N) is 1. The number of ether oxygens (including phenoxy) is 2. The van der Waals surface area contributed by atoms with Crippen LogP contribution >= 0.6 is 11.6 Å². The molecule has 0 bridgehead atoms. The Balaban J connectivity index is 1.40. The molecule has 7 heteroatoms. The fourth-order valence-corrected chi connectivity index (χ4v) is 5.86. The number of benzene rings is 3. The van der Waals surface area contributed by atoms with Crippen LogP contribution in [0, 0.1) is 5.41 Å². The molecule has 3 atom stereocenters. The van der Waals surface area contributed by atoms with Crippen molar-refractivity contribution in [2.75, 3.05) is 27.3 Å². The molecule has 1 aliphatic carbocycles. The summed E-state index contributed by atoms with van der Waals surface area (Å²) in [5.41, 5.74) is 3.50. The molecule has 3 aromatic carbocycles. The molecule has 5 rings (SSSR count). The van der Waals surface area contributed by atoms with Crippen molar-refractivity contribution in [2.24, 2.45) is 5.84 Å². The van der Waals surface area contributed by atoms with Crippen LogP contribution in [0.5, 0.6) is 11.5 Å². The Morgan fingerprint density at radius 1 is 0.946 bits per heavy atom. The predicted octanol–water partition coefficient (Wildman–Crippen LogP) is 5.99. The molecule has 2 aliphatic rings. The van der Waals surface area contributed by atoms with E-state index < -0.39 is 0 Å². The van der Waals surface area contributed by atoms with Gasteiger partial charge in [0.2, 0.25) is 0 Å². The molecule has 6 nitrogen and oxygen atoms in total. The summed E-state index contributed by atoms with van der Waals surface area (Å²) in [6, 6.07) is 24.3. The van der Waals surface area contributed by atoms with E-state index in [2.05, 4.69) is 41.3 Å². The van der Waals surface area contributed by atoms with Gasteiger partial charge in [-0.2, -0.15) is 0 Å². The van der Waals surface area contributed by atoms with Crippen molar-refractivity contribution in [1.29, 1.82) is 5.41 Å². The van der Waals surface area contributed by atoms with Gasteiger partial charge in [0.15, 0.2) is 11.5 Å². The highest BCUT2D eigenvalue weighted by atomic mass is 35.5. The topological polar surface area (TPSA) is 74.8 Å². The number of hydrogen-bond donors (Lipinski definition) is 2. The van der Waals surface area contributed by atoms with Crippen LogP contribution < -0.4 is 15.3 Å². The maximum absolute atomic E-state index is 9.33. The number of likely N-dealkylation sites (tertiary alicyclic amines) is 1. The van der Waals surface area contributed by atoms with Crippen molar-refractivity contribution in [1.82, 2.24) is 9.91 Å². The number of hydrazine groups is 1. The number of amidine groups is 1. The number of methoxy groups -OCH3 is 2. The minimum absolute atomic E-state index is 0.112. The molecule has 3 N–H and O–H groups in total. The molecular weight excluding hydrogens is 484 g/mol. The summed E-state index contributed by atoms with van der Waals surface area (Å²) in [6.45, 7) is 1.70. The summed E-state index contributed by atoms with van der Waals surface area (Å²) in [5.74, 6) is 9.20. The van der Waals surface area contributed by atoms with Crippen molar-refractivity contribution in [3.05, 3.63) is 94.5 Å². The Hall–Kier alpha value is -3.06. The monoisotopic (exact) mass is 518 g/mol. The van der Waals surface area contributed by atoms with Crippen molar-refractivity contribution >= 4 is 17.4 Å². The fraction of sp³-hybridized carbons (Fsp3) is 0.367. The van der Waals surface area contributed by atoms with Gasteiger partial charge in [0.25, 0.3) is 0 Å². The lowest BCUT2D eigenvalue weighted by atomic mass is 9.88. The van der Waals surface area contributed by atoms with E-state index in [1.54, 1.807) is 19.2 Å². The first-order chi connectivity index (χ1) is 18.0. The zero-order valence-electron chi connectivity index (χ0n) is 21.4. The van der Waals surface area contributed by atoms with Crippen molar-refractivity contribution in [2.45, 2.75) is 43.2 Å². The summed E-state index contributed by atoms with van der Waals surface area (Å²) in [4.78, 5) is 2.37. The highest BCUT2D eigenvalue weighted by Crippen LogP contribution is 2.46. The number of nitrogens with one attached hydrogen (secondary N) is 1. The third-order valence-electron chi connectivity index (χ3n) is 7.84. The molecule has 1 saturated heterocycles. The second-order valence-electron chi connectivity index (χ2n) is 9.96. The maximum Gasteiger partial charge on any atom is 0.165 e. The Labute approximate surface area is 224 Å². The van der Waals surface area contributed by atoms with Crippen LogP contribution in [-0.4, -0.2) is 49.1 Å². The van der Waals surface area contributed by atoms with E-state index in [0.717, 1.165) is 42.9 Å². The fourth-order valence-electron chi connectivity index (χ4n) is 5.74. The van der Waals surface area contributed by atoms with Crippen LogP contribution in [0.25, 0.3) is 0 Å². The first kappa shape index (κ1) is 25.6. The van der Waals surface area contributed by atoms with Gasteiger partial charge in [0.05, 0.1) is 26.3 Å².